The van der Waals surface area contributed by atoms with Gasteiger partial charge in [0.25, 0.3) is 0 Å². The number of methoxy groups -OCH3 is 4. The normalized spacial score (nSPS) is 10.6. The van der Waals surface area contributed by atoms with E-state index < -0.39 is 0 Å². The number of aromatic amines is 1. The lowest BCUT2D eigenvalue weighted by atomic mass is 10.0. The first-order valence-electron chi connectivity index (χ1n) is 7.96. The summed E-state index contributed by atoms with van der Waals surface area (Å²) in [4.78, 5) is 3.35. The molecule has 5 heteroatoms. The van der Waals surface area contributed by atoms with Gasteiger partial charge in [-0.05, 0) is 35.2 Å². The minimum Gasteiger partial charge on any atom is -0.493 e. The number of rotatable bonds is 6. The van der Waals surface area contributed by atoms with Gasteiger partial charge < -0.3 is 18.9 Å². The average molecular weight is 340 g/mol. The molecule has 0 fully saturated rings. The highest BCUT2D eigenvalue weighted by Gasteiger charge is 2.15. The maximum atomic E-state index is 5.44. The van der Waals surface area contributed by atoms with E-state index in [2.05, 4.69) is 4.98 Å². The van der Waals surface area contributed by atoms with Crippen LogP contribution in [-0.4, -0.2) is 28.4 Å². The zero-order valence-electron chi connectivity index (χ0n) is 14.9. The Balaban J connectivity index is 2.04. The van der Waals surface area contributed by atoms with Gasteiger partial charge in [-0.1, -0.05) is 6.07 Å². The van der Waals surface area contributed by atoms with Crippen LogP contribution in [0.3, 0.4) is 0 Å². The van der Waals surface area contributed by atoms with Crippen LogP contribution in [0.2, 0.25) is 0 Å². The number of hydrogen-bond donors (Lipinski definition) is 0. The topological polar surface area (TPSA) is 51.1 Å². The van der Waals surface area contributed by atoms with Crippen molar-refractivity contribution in [3.05, 3.63) is 53.9 Å². The molecule has 0 spiro atoms. The fourth-order valence-corrected chi connectivity index (χ4v) is 2.94. The monoisotopic (exact) mass is 340 g/mol. The van der Waals surface area contributed by atoms with Crippen LogP contribution >= 0.6 is 0 Å². The molecule has 0 aliphatic carbocycles. The van der Waals surface area contributed by atoms with Crippen molar-refractivity contribution in [3.8, 4) is 23.0 Å². The fraction of sp³-hybridized carbons (Fsp3) is 0.250. The molecule has 0 unspecified atom stereocenters. The molecule has 0 bridgehead atoms. The van der Waals surface area contributed by atoms with E-state index in [0.717, 1.165) is 45.7 Å². The SMILES string of the molecule is COc1ccc(Cc2[nH+]ccc3cc(OC)c(OC)cc23)cc1OC. The van der Waals surface area contributed by atoms with Crippen LogP contribution in [0.1, 0.15) is 11.3 Å². The van der Waals surface area contributed by atoms with Crippen molar-refractivity contribution in [1.82, 2.24) is 0 Å². The van der Waals surface area contributed by atoms with Gasteiger partial charge in [0.05, 0.1) is 40.2 Å². The third-order valence-electron chi connectivity index (χ3n) is 4.23. The Morgan fingerprint density at radius 2 is 1.36 bits per heavy atom. The first-order valence-corrected chi connectivity index (χ1v) is 7.96. The molecule has 5 nitrogen and oxygen atoms in total. The van der Waals surface area contributed by atoms with Gasteiger partial charge >= 0.3 is 0 Å². The minimum absolute atomic E-state index is 0.711. The van der Waals surface area contributed by atoms with Gasteiger partial charge in [0.15, 0.2) is 34.9 Å². The van der Waals surface area contributed by atoms with Gasteiger partial charge in [0.1, 0.15) is 0 Å². The van der Waals surface area contributed by atoms with Gasteiger partial charge in [0, 0.05) is 6.07 Å². The molecular formula is C20H22NO4+. The predicted molar refractivity (Wildman–Crippen MR) is 96.0 cm³/mol. The summed E-state index contributed by atoms with van der Waals surface area (Å²) in [7, 11) is 6.56. The molecule has 1 N–H and O–H groups in total. The van der Waals surface area contributed by atoms with Gasteiger partial charge in [-0.25, -0.2) is 4.98 Å². The minimum atomic E-state index is 0.711. The zero-order chi connectivity index (χ0) is 17.8. The highest BCUT2D eigenvalue weighted by Crippen LogP contribution is 2.34. The molecule has 2 aromatic carbocycles. The van der Waals surface area contributed by atoms with Crippen molar-refractivity contribution < 1.29 is 23.9 Å². The second-order valence-corrected chi connectivity index (χ2v) is 5.62. The fourth-order valence-electron chi connectivity index (χ4n) is 2.94. The van der Waals surface area contributed by atoms with E-state index in [1.165, 1.54) is 0 Å². The lowest BCUT2D eigenvalue weighted by molar-refractivity contribution is -0.387. The molecule has 0 aliphatic rings. The zero-order valence-corrected chi connectivity index (χ0v) is 14.9. The van der Waals surface area contributed by atoms with Crippen molar-refractivity contribution in [2.75, 3.05) is 28.4 Å². The molecule has 3 rings (SSSR count). The highest BCUT2D eigenvalue weighted by molar-refractivity contribution is 5.87. The molecule has 0 amide bonds. The van der Waals surface area contributed by atoms with E-state index in [-0.39, 0.29) is 0 Å². The van der Waals surface area contributed by atoms with Crippen LogP contribution in [0.5, 0.6) is 23.0 Å². The second kappa shape index (κ2) is 7.30. The first-order chi connectivity index (χ1) is 12.2. The molecule has 3 aromatic rings. The number of hydrogen-bond acceptors (Lipinski definition) is 4. The van der Waals surface area contributed by atoms with E-state index >= 15 is 0 Å². The summed E-state index contributed by atoms with van der Waals surface area (Å²) in [6, 6.07) is 12.0. The second-order valence-electron chi connectivity index (χ2n) is 5.62. The summed E-state index contributed by atoms with van der Waals surface area (Å²) >= 11 is 0. The Morgan fingerprint density at radius 1 is 0.720 bits per heavy atom. The smallest absolute Gasteiger partial charge is 0.192 e. The number of pyridine rings is 1. The van der Waals surface area contributed by atoms with Crippen LogP contribution in [-0.2, 0) is 6.42 Å². The Labute approximate surface area is 147 Å². The number of aromatic nitrogens is 1. The van der Waals surface area contributed by atoms with Crippen LogP contribution in [0.25, 0.3) is 10.8 Å². The quantitative estimate of drug-likeness (QED) is 0.691. The number of benzene rings is 2. The molecule has 0 radical (unpaired) electrons. The van der Waals surface area contributed by atoms with Crippen molar-refractivity contribution in [2.24, 2.45) is 0 Å². The summed E-state index contributed by atoms with van der Waals surface area (Å²) in [6.45, 7) is 0. The van der Waals surface area contributed by atoms with E-state index in [4.69, 9.17) is 18.9 Å². The molecule has 1 aromatic heterocycles. The third-order valence-corrected chi connectivity index (χ3v) is 4.23. The van der Waals surface area contributed by atoms with E-state index in [9.17, 15) is 0 Å². The lowest BCUT2D eigenvalue weighted by Gasteiger charge is -2.11. The largest absolute Gasteiger partial charge is 0.493 e. The molecule has 25 heavy (non-hydrogen) atoms. The standard InChI is InChI=1S/C20H21NO4/c1-22-17-6-5-13(10-18(17)23-2)9-16-15-12-20(25-4)19(24-3)11-14(15)7-8-21-16/h5-8,10-12H,9H2,1-4H3/p+1. The molecule has 0 saturated carbocycles. The number of fused-ring (bicyclic) bond motifs is 1. The summed E-state index contributed by atoms with van der Waals surface area (Å²) < 4.78 is 21.5. The van der Waals surface area contributed by atoms with Crippen LogP contribution in [0.4, 0.5) is 0 Å². The molecule has 0 atom stereocenters. The predicted octanol–water partition coefficient (Wildman–Crippen LogP) is 3.28. The molecule has 0 saturated heterocycles. The van der Waals surface area contributed by atoms with Crippen LogP contribution < -0.4 is 23.9 Å². The summed E-state index contributed by atoms with van der Waals surface area (Å²) in [6.07, 6.45) is 2.66. The van der Waals surface area contributed by atoms with Gasteiger partial charge in [-0.2, -0.15) is 0 Å². The van der Waals surface area contributed by atoms with Crippen LogP contribution in [0.15, 0.2) is 42.6 Å². The molecule has 130 valence electrons. The maximum Gasteiger partial charge on any atom is 0.192 e. The Bertz CT molecular complexity index is 892. The summed E-state index contributed by atoms with van der Waals surface area (Å²) in [5, 5.41) is 2.18. The number of nitrogens with one attached hydrogen (secondary N) is 1. The van der Waals surface area contributed by atoms with Gasteiger partial charge in [-0.3, -0.25) is 0 Å². The Hall–Kier alpha value is -2.95. The third kappa shape index (κ3) is 3.31. The van der Waals surface area contributed by atoms with E-state index in [0.29, 0.717) is 5.75 Å². The van der Waals surface area contributed by atoms with Gasteiger partial charge in [0.2, 0.25) is 0 Å². The van der Waals surface area contributed by atoms with Gasteiger partial charge in [-0.15, -0.1) is 0 Å². The highest BCUT2D eigenvalue weighted by atomic mass is 16.5. The number of H-pyrrole nitrogens is 1. The Morgan fingerprint density at radius 3 is 2.04 bits per heavy atom. The van der Waals surface area contributed by atoms with E-state index in [1.807, 2.05) is 42.6 Å². The summed E-state index contributed by atoms with van der Waals surface area (Å²) in [5.74, 6) is 2.88. The summed E-state index contributed by atoms with van der Waals surface area (Å²) in [5.41, 5.74) is 2.21. The molecular weight excluding hydrogens is 318 g/mol. The average Bonchev–Trinajstić information content (AvgIpc) is 2.66. The van der Waals surface area contributed by atoms with Crippen molar-refractivity contribution in [2.45, 2.75) is 6.42 Å². The van der Waals surface area contributed by atoms with E-state index in [1.54, 1.807) is 28.4 Å². The maximum absolute atomic E-state index is 5.44. The molecule has 0 aliphatic heterocycles. The first kappa shape index (κ1) is 16.9. The number of ether oxygens (including phenoxy) is 4. The van der Waals surface area contributed by atoms with Crippen molar-refractivity contribution in [3.63, 3.8) is 0 Å². The van der Waals surface area contributed by atoms with Crippen LogP contribution in [0, 0.1) is 0 Å². The van der Waals surface area contributed by atoms with Crippen molar-refractivity contribution in [1.29, 1.82) is 0 Å². The van der Waals surface area contributed by atoms with Crippen molar-refractivity contribution >= 4 is 10.8 Å². The Kier molecular flexibility index (Phi) is 4.93. The lowest BCUT2D eigenvalue weighted by Crippen LogP contribution is -2.11. The molecule has 1 heterocycles.